The first-order valence-electron chi connectivity index (χ1n) is 4.80. The lowest BCUT2D eigenvalue weighted by atomic mass is 10.1. The minimum Gasteiger partial charge on any atom is -0.396 e. The highest BCUT2D eigenvalue weighted by molar-refractivity contribution is 5.45. The van der Waals surface area contributed by atoms with Crippen molar-refractivity contribution in [2.24, 2.45) is 0 Å². The van der Waals surface area contributed by atoms with Gasteiger partial charge in [0.25, 0.3) is 0 Å². The van der Waals surface area contributed by atoms with E-state index < -0.39 is 0 Å². The van der Waals surface area contributed by atoms with Crippen LogP contribution in [0.2, 0.25) is 0 Å². The molecule has 0 fully saturated rings. The van der Waals surface area contributed by atoms with Crippen LogP contribution in [0.5, 0.6) is 0 Å². The monoisotopic (exact) mass is 179 g/mol. The third-order valence-corrected chi connectivity index (χ3v) is 1.91. The Kier molecular flexibility index (Phi) is 4.33. The maximum absolute atomic E-state index is 8.77. The second-order valence-electron chi connectivity index (χ2n) is 3.10. The van der Waals surface area contributed by atoms with Gasteiger partial charge in [0, 0.05) is 18.8 Å². The molecule has 13 heavy (non-hydrogen) atoms. The molecule has 0 bridgehead atoms. The van der Waals surface area contributed by atoms with Gasteiger partial charge in [0.2, 0.25) is 0 Å². The largest absolute Gasteiger partial charge is 0.396 e. The van der Waals surface area contributed by atoms with Crippen molar-refractivity contribution in [2.75, 3.05) is 18.5 Å². The van der Waals surface area contributed by atoms with Gasteiger partial charge in [0.15, 0.2) is 0 Å². The summed E-state index contributed by atoms with van der Waals surface area (Å²) in [5.41, 5.74) is 2.33. The number of rotatable bonds is 5. The zero-order chi connectivity index (χ0) is 9.52. The van der Waals surface area contributed by atoms with E-state index >= 15 is 0 Å². The maximum atomic E-state index is 8.77. The van der Waals surface area contributed by atoms with Crippen molar-refractivity contribution in [3.05, 3.63) is 29.8 Å². The third kappa shape index (κ3) is 3.47. The van der Waals surface area contributed by atoms with Crippen LogP contribution in [0.25, 0.3) is 0 Å². The molecule has 0 aliphatic heterocycles. The summed E-state index contributed by atoms with van der Waals surface area (Å²) >= 11 is 0. The van der Waals surface area contributed by atoms with Gasteiger partial charge in [0.1, 0.15) is 0 Å². The predicted octanol–water partition coefficient (Wildman–Crippen LogP) is 2.04. The van der Waals surface area contributed by atoms with Crippen LogP contribution in [0, 0.1) is 0 Å². The molecule has 0 atom stereocenters. The Morgan fingerprint density at radius 2 is 2.23 bits per heavy atom. The Labute approximate surface area is 79.6 Å². The molecule has 0 unspecified atom stereocenters. The molecule has 1 aromatic carbocycles. The zero-order valence-corrected chi connectivity index (χ0v) is 8.09. The lowest BCUT2D eigenvalue weighted by Crippen LogP contribution is -2.00. The molecule has 0 aromatic heterocycles. The second-order valence-corrected chi connectivity index (χ2v) is 3.10. The summed E-state index contributed by atoms with van der Waals surface area (Å²) in [7, 11) is 0. The Hall–Kier alpha value is -1.02. The SMILES string of the molecule is CCCNc1cccc(CCO)c1. The molecule has 0 saturated carbocycles. The van der Waals surface area contributed by atoms with Gasteiger partial charge in [0.05, 0.1) is 0 Å². The van der Waals surface area contributed by atoms with Crippen molar-refractivity contribution >= 4 is 5.69 Å². The summed E-state index contributed by atoms with van der Waals surface area (Å²) in [4.78, 5) is 0. The normalized spacial score (nSPS) is 10.0. The van der Waals surface area contributed by atoms with E-state index in [4.69, 9.17) is 5.11 Å². The van der Waals surface area contributed by atoms with Crippen LogP contribution in [0.3, 0.4) is 0 Å². The van der Waals surface area contributed by atoms with Crippen molar-refractivity contribution in [1.82, 2.24) is 0 Å². The van der Waals surface area contributed by atoms with Gasteiger partial charge in [-0.25, -0.2) is 0 Å². The maximum Gasteiger partial charge on any atom is 0.0471 e. The Bertz CT molecular complexity index is 248. The van der Waals surface area contributed by atoms with Crippen LogP contribution in [-0.4, -0.2) is 18.3 Å². The Morgan fingerprint density at radius 3 is 2.92 bits per heavy atom. The van der Waals surface area contributed by atoms with E-state index in [0.717, 1.165) is 25.1 Å². The van der Waals surface area contributed by atoms with E-state index in [1.807, 2.05) is 12.1 Å². The van der Waals surface area contributed by atoms with Crippen molar-refractivity contribution in [1.29, 1.82) is 0 Å². The molecule has 0 amide bonds. The highest BCUT2D eigenvalue weighted by Gasteiger charge is 1.93. The smallest absolute Gasteiger partial charge is 0.0471 e. The molecule has 72 valence electrons. The summed E-state index contributed by atoms with van der Waals surface area (Å²) in [5, 5.41) is 12.1. The molecule has 0 aliphatic rings. The van der Waals surface area contributed by atoms with Gasteiger partial charge in [-0.05, 0) is 30.5 Å². The third-order valence-electron chi connectivity index (χ3n) is 1.91. The van der Waals surface area contributed by atoms with E-state index in [-0.39, 0.29) is 6.61 Å². The molecular weight excluding hydrogens is 162 g/mol. The van der Waals surface area contributed by atoms with Crippen molar-refractivity contribution in [2.45, 2.75) is 19.8 Å². The first kappa shape index (κ1) is 10.1. The molecule has 2 nitrogen and oxygen atoms in total. The number of aliphatic hydroxyl groups is 1. The van der Waals surface area contributed by atoms with Gasteiger partial charge < -0.3 is 10.4 Å². The Morgan fingerprint density at radius 1 is 1.38 bits per heavy atom. The number of nitrogens with one attached hydrogen (secondary N) is 1. The van der Waals surface area contributed by atoms with Gasteiger partial charge in [-0.1, -0.05) is 19.1 Å². The van der Waals surface area contributed by atoms with Gasteiger partial charge in [-0.15, -0.1) is 0 Å². The lowest BCUT2D eigenvalue weighted by molar-refractivity contribution is 0.299. The average Bonchev–Trinajstić information content (AvgIpc) is 2.16. The highest BCUT2D eigenvalue weighted by Crippen LogP contribution is 2.10. The van der Waals surface area contributed by atoms with Crippen molar-refractivity contribution in [3.63, 3.8) is 0 Å². The topological polar surface area (TPSA) is 32.3 Å². The van der Waals surface area contributed by atoms with Crippen LogP contribution >= 0.6 is 0 Å². The van der Waals surface area contributed by atoms with E-state index in [2.05, 4.69) is 24.4 Å². The number of hydrogen-bond donors (Lipinski definition) is 2. The van der Waals surface area contributed by atoms with Crippen LogP contribution in [0.4, 0.5) is 5.69 Å². The first-order chi connectivity index (χ1) is 6.36. The molecule has 2 N–H and O–H groups in total. The predicted molar refractivity (Wildman–Crippen MR) is 56.0 cm³/mol. The summed E-state index contributed by atoms with van der Waals surface area (Å²) in [6.07, 6.45) is 1.87. The first-order valence-corrected chi connectivity index (χ1v) is 4.80. The summed E-state index contributed by atoms with van der Waals surface area (Å²) < 4.78 is 0. The number of hydrogen-bond acceptors (Lipinski definition) is 2. The van der Waals surface area contributed by atoms with E-state index in [1.54, 1.807) is 0 Å². The summed E-state index contributed by atoms with van der Waals surface area (Å²) in [6.45, 7) is 3.37. The quantitative estimate of drug-likeness (QED) is 0.725. The average molecular weight is 179 g/mol. The number of benzene rings is 1. The molecule has 1 aromatic rings. The van der Waals surface area contributed by atoms with E-state index in [1.165, 1.54) is 5.56 Å². The van der Waals surface area contributed by atoms with Gasteiger partial charge in [-0.2, -0.15) is 0 Å². The van der Waals surface area contributed by atoms with Crippen LogP contribution in [0.1, 0.15) is 18.9 Å². The van der Waals surface area contributed by atoms with Crippen molar-refractivity contribution < 1.29 is 5.11 Å². The number of anilines is 1. The fourth-order valence-electron chi connectivity index (χ4n) is 1.24. The fraction of sp³-hybridized carbons (Fsp3) is 0.455. The molecule has 0 radical (unpaired) electrons. The highest BCUT2D eigenvalue weighted by atomic mass is 16.2. The number of aliphatic hydroxyl groups excluding tert-OH is 1. The Balaban J connectivity index is 2.56. The minimum absolute atomic E-state index is 0.219. The van der Waals surface area contributed by atoms with Gasteiger partial charge >= 0.3 is 0 Å². The molecular formula is C11H17NO. The van der Waals surface area contributed by atoms with Crippen LogP contribution in [0.15, 0.2) is 24.3 Å². The lowest BCUT2D eigenvalue weighted by Gasteiger charge is -2.06. The molecule has 0 heterocycles. The van der Waals surface area contributed by atoms with Crippen LogP contribution < -0.4 is 5.32 Å². The van der Waals surface area contributed by atoms with E-state index in [9.17, 15) is 0 Å². The van der Waals surface area contributed by atoms with Gasteiger partial charge in [-0.3, -0.25) is 0 Å². The molecule has 0 spiro atoms. The molecule has 0 aliphatic carbocycles. The second kappa shape index (κ2) is 5.60. The van der Waals surface area contributed by atoms with Crippen molar-refractivity contribution in [3.8, 4) is 0 Å². The molecule has 1 rings (SSSR count). The zero-order valence-electron chi connectivity index (χ0n) is 8.09. The standard InChI is InChI=1S/C11H17NO/c1-2-7-12-11-5-3-4-10(9-11)6-8-13/h3-5,9,12-13H,2,6-8H2,1H3. The molecule has 2 heteroatoms. The van der Waals surface area contributed by atoms with E-state index in [0.29, 0.717) is 0 Å². The minimum atomic E-state index is 0.219. The molecule has 0 saturated heterocycles. The fourth-order valence-corrected chi connectivity index (χ4v) is 1.24. The summed E-state index contributed by atoms with van der Waals surface area (Å²) in [6, 6.07) is 8.19. The van der Waals surface area contributed by atoms with Crippen LogP contribution in [-0.2, 0) is 6.42 Å². The summed E-state index contributed by atoms with van der Waals surface area (Å²) in [5.74, 6) is 0.